The van der Waals surface area contributed by atoms with Crippen molar-refractivity contribution in [3.05, 3.63) is 47.4 Å². The first-order chi connectivity index (χ1) is 11.6. The average Bonchev–Trinajstić information content (AvgIpc) is 3.11. The molecule has 0 unspecified atom stereocenters. The lowest BCUT2D eigenvalue weighted by atomic mass is 10.1. The van der Waals surface area contributed by atoms with E-state index in [2.05, 4.69) is 10.3 Å². The summed E-state index contributed by atoms with van der Waals surface area (Å²) in [5.74, 6) is -0.347. The molecule has 0 fully saturated rings. The molecule has 124 valence electrons. The monoisotopic (exact) mass is 326 g/mol. The molecule has 7 heteroatoms. The number of carbonyl (C=O) groups excluding carboxylic acids is 2. The van der Waals surface area contributed by atoms with E-state index in [1.807, 2.05) is 35.8 Å². The number of nitrogens with zero attached hydrogens (tertiary/aromatic N) is 4. The fourth-order valence-corrected chi connectivity index (χ4v) is 2.80. The summed E-state index contributed by atoms with van der Waals surface area (Å²) >= 11 is 0. The van der Waals surface area contributed by atoms with Crippen molar-refractivity contribution in [1.29, 1.82) is 0 Å². The summed E-state index contributed by atoms with van der Waals surface area (Å²) in [6.07, 6.45) is 2.59. The van der Waals surface area contributed by atoms with Gasteiger partial charge in [0, 0.05) is 22.2 Å². The van der Waals surface area contributed by atoms with Crippen molar-refractivity contribution in [2.24, 2.45) is 0 Å². The molecule has 24 heavy (non-hydrogen) atoms. The number of para-hydroxylation sites is 1. The van der Waals surface area contributed by atoms with E-state index in [1.54, 1.807) is 13.1 Å². The summed E-state index contributed by atoms with van der Waals surface area (Å²) < 4.78 is 8.38. The molecule has 2 aromatic heterocycles. The molecule has 3 aromatic rings. The lowest BCUT2D eigenvalue weighted by Crippen LogP contribution is -2.13. The highest BCUT2D eigenvalue weighted by molar-refractivity contribution is 5.99. The van der Waals surface area contributed by atoms with Gasteiger partial charge in [0.15, 0.2) is 6.29 Å². The van der Waals surface area contributed by atoms with Gasteiger partial charge in [-0.25, -0.2) is 4.68 Å². The molecular formula is C17H18N4O3. The third kappa shape index (κ3) is 2.92. The Labute approximate surface area is 138 Å². The van der Waals surface area contributed by atoms with Gasteiger partial charge in [0.25, 0.3) is 0 Å². The zero-order valence-corrected chi connectivity index (χ0v) is 13.6. The van der Waals surface area contributed by atoms with E-state index in [0.29, 0.717) is 24.4 Å². The molecule has 0 amide bonds. The smallest absolute Gasteiger partial charge is 0.327 e. The Balaban J connectivity index is 1.88. The Morgan fingerprint density at radius 3 is 2.88 bits per heavy atom. The average molecular weight is 326 g/mol. The maximum absolute atomic E-state index is 11.5. The van der Waals surface area contributed by atoms with Gasteiger partial charge >= 0.3 is 5.97 Å². The van der Waals surface area contributed by atoms with Gasteiger partial charge in [0.2, 0.25) is 0 Å². The number of hydrogen-bond acceptors (Lipinski definition) is 5. The number of carbonyl (C=O) groups is 2. The Kier molecular flexibility index (Phi) is 4.41. The van der Waals surface area contributed by atoms with Crippen LogP contribution in [-0.4, -0.2) is 38.4 Å². The molecular weight excluding hydrogens is 308 g/mol. The van der Waals surface area contributed by atoms with Crippen LogP contribution in [0.15, 0.2) is 30.5 Å². The maximum atomic E-state index is 11.5. The van der Waals surface area contributed by atoms with Gasteiger partial charge in [-0.3, -0.25) is 9.59 Å². The summed E-state index contributed by atoms with van der Waals surface area (Å²) in [5.41, 5.74) is 3.24. The number of ether oxygens (including phenoxy) is 1. The van der Waals surface area contributed by atoms with Gasteiger partial charge in [-0.05, 0) is 19.9 Å². The molecule has 0 aliphatic rings. The number of aldehydes is 1. The quantitative estimate of drug-likeness (QED) is 0.511. The van der Waals surface area contributed by atoms with Gasteiger partial charge in [0.1, 0.15) is 12.2 Å². The van der Waals surface area contributed by atoms with Gasteiger partial charge in [0.05, 0.1) is 19.3 Å². The first-order valence-corrected chi connectivity index (χ1v) is 7.71. The highest BCUT2D eigenvalue weighted by Gasteiger charge is 2.14. The second-order valence-corrected chi connectivity index (χ2v) is 5.43. The van der Waals surface area contributed by atoms with E-state index in [-0.39, 0.29) is 12.5 Å². The minimum atomic E-state index is -0.347. The van der Waals surface area contributed by atoms with Gasteiger partial charge in [-0.15, -0.1) is 5.10 Å². The predicted molar refractivity (Wildman–Crippen MR) is 87.8 cm³/mol. The molecule has 0 radical (unpaired) electrons. The number of esters is 1. The zero-order chi connectivity index (χ0) is 17.1. The van der Waals surface area contributed by atoms with Crippen LogP contribution in [0, 0.1) is 6.92 Å². The molecule has 0 spiro atoms. The van der Waals surface area contributed by atoms with Gasteiger partial charge in [-0.1, -0.05) is 23.4 Å². The molecule has 0 aliphatic carbocycles. The molecule has 0 saturated heterocycles. The van der Waals surface area contributed by atoms with Crippen LogP contribution in [0.2, 0.25) is 0 Å². The van der Waals surface area contributed by atoms with E-state index in [4.69, 9.17) is 4.74 Å². The van der Waals surface area contributed by atoms with E-state index < -0.39 is 0 Å². The third-order valence-corrected chi connectivity index (χ3v) is 3.90. The summed E-state index contributed by atoms with van der Waals surface area (Å²) in [4.78, 5) is 22.9. The van der Waals surface area contributed by atoms with E-state index in [0.717, 1.165) is 22.9 Å². The molecule has 2 heterocycles. The first-order valence-electron chi connectivity index (χ1n) is 7.71. The molecule has 7 nitrogen and oxygen atoms in total. The molecule has 0 saturated carbocycles. The van der Waals surface area contributed by atoms with Crippen LogP contribution in [0.3, 0.4) is 0 Å². The molecule has 0 aliphatic heterocycles. The van der Waals surface area contributed by atoms with Gasteiger partial charge < -0.3 is 9.30 Å². The fraction of sp³-hybridized carbons (Fsp3) is 0.294. The first kappa shape index (κ1) is 15.9. The minimum absolute atomic E-state index is 0.0336. The number of aromatic nitrogens is 4. The van der Waals surface area contributed by atoms with Crippen LogP contribution < -0.4 is 0 Å². The summed E-state index contributed by atoms with van der Waals surface area (Å²) in [6.45, 7) is 4.51. The summed E-state index contributed by atoms with van der Waals surface area (Å²) in [6, 6.07) is 7.75. The van der Waals surface area contributed by atoms with Crippen LogP contribution in [0.25, 0.3) is 10.9 Å². The topological polar surface area (TPSA) is 79.0 Å². The number of benzene rings is 1. The standard InChI is InChI=1S/C17H18N4O3/c1-3-24-17(23)10-20-8-13(18-19-20)9-21-12(2)15(11-22)14-6-4-5-7-16(14)21/h4-8,11H,3,9-10H2,1-2H3. The van der Waals surface area contributed by atoms with Crippen molar-refractivity contribution >= 4 is 23.2 Å². The van der Waals surface area contributed by atoms with Crippen LogP contribution in [0.5, 0.6) is 0 Å². The van der Waals surface area contributed by atoms with Crippen LogP contribution in [0.1, 0.15) is 28.7 Å². The van der Waals surface area contributed by atoms with E-state index >= 15 is 0 Å². The molecule has 0 bridgehead atoms. The number of rotatable bonds is 6. The summed E-state index contributed by atoms with van der Waals surface area (Å²) in [5, 5.41) is 8.98. The molecule has 1 aromatic carbocycles. The van der Waals surface area contributed by atoms with Crippen LogP contribution >= 0.6 is 0 Å². The normalized spacial score (nSPS) is 10.9. The SMILES string of the molecule is CCOC(=O)Cn1cc(Cn2c(C)c(C=O)c3ccccc32)nn1. The van der Waals surface area contributed by atoms with Crippen LogP contribution in [-0.2, 0) is 22.6 Å². The third-order valence-electron chi connectivity index (χ3n) is 3.90. The Morgan fingerprint density at radius 1 is 1.33 bits per heavy atom. The van der Waals surface area contributed by atoms with E-state index in [1.165, 1.54) is 4.68 Å². The lowest BCUT2D eigenvalue weighted by molar-refractivity contribution is -0.144. The van der Waals surface area contributed by atoms with E-state index in [9.17, 15) is 9.59 Å². The predicted octanol–water partition coefficient (Wildman–Crippen LogP) is 1.97. The number of fused-ring (bicyclic) bond motifs is 1. The zero-order valence-electron chi connectivity index (χ0n) is 13.6. The molecule has 0 atom stereocenters. The second-order valence-electron chi connectivity index (χ2n) is 5.43. The van der Waals surface area contributed by atoms with Gasteiger partial charge in [-0.2, -0.15) is 0 Å². The van der Waals surface area contributed by atoms with Crippen LogP contribution in [0.4, 0.5) is 0 Å². The van der Waals surface area contributed by atoms with Crippen molar-refractivity contribution < 1.29 is 14.3 Å². The Hall–Kier alpha value is -2.96. The van der Waals surface area contributed by atoms with Crippen molar-refractivity contribution in [1.82, 2.24) is 19.6 Å². The summed E-state index contributed by atoms with van der Waals surface area (Å²) in [7, 11) is 0. The highest BCUT2D eigenvalue weighted by Crippen LogP contribution is 2.25. The Morgan fingerprint density at radius 2 is 2.12 bits per heavy atom. The van der Waals surface area contributed by atoms with Crippen molar-refractivity contribution in [2.75, 3.05) is 6.61 Å². The molecule has 3 rings (SSSR count). The lowest BCUT2D eigenvalue weighted by Gasteiger charge is -2.05. The second kappa shape index (κ2) is 6.66. The van der Waals surface area contributed by atoms with Crippen molar-refractivity contribution in [2.45, 2.75) is 26.9 Å². The number of hydrogen-bond donors (Lipinski definition) is 0. The highest BCUT2D eigenvalue weighted by atomic mass is 16.5. The maximum Gasteiger partial charge on any atom is 0.327 e. The van der Waals surface area contributed by atoms with Crippen molar-refractivity contribution in [3.8, 4) is 0 Å². The fourth-order valence-electron chi connectivity index (χ4n) is 2.80. The van der Waals surface area contributed by atoms with Crippen molar-refractivity contribution in [3.63, 3.8) is 0 Å². The minimum Gasteiger partial charge on any atom is -0.465 e. The molecule has 0 N–H and O–H groups in total. The Bertz CT molecular complexity index is 895. The largest absolute Gasteiger partial charge is 0.465 e.